The zero-order valence-electron chi connectivity index (χ0n) is 17.8. The van der Waals surface area contributed by atoms with Crippen molar-refractivity contribution in [3.63, 3.8) is 0 Å². The van der Waals surface area contributed by atoms with E-state index in [9.17, 15) is 9.90 Å². The Balaban J connectivity index is 3.71. The molecule has 0 saturated carbocycles. The summed E-state index contributed by atoms with van der Waals surface area (Å²) < 4.78 is 0. The third-order valence-corrected chi connectivity index (χ3v) is 5.59. The van der Waals surface area contributed by atoms with E-state index in [1.165, 1.54) is 77.0 Å². The number of carbonyl (C=O) groups is 1. The van der Waals surface area contributed by atoms with Crippen LogP contribution < -0.4 is 16.0 Å². The number of hydrogen-bond donors (Lipinski definition) is 4. The molecule has 0 rings (SSSR count). The largest absolute Gasteiger partial charge is 0.479 e. The summed E-state index contributed by atoms with van der Waals surface area (Å²) in [5.74, 6) is -0.864. The number of carboxylic acids is 1. The van der Waals surface area contributed by atoms with E-state index in [4.69, 9.17) is 0 Å². The molecule has 0 amide bonds. The molecule has 0 fully saturated rings. The standard InChI is InChI=1S/C21H45N3O2/c1-5-6-7-8-9-10-11-12-13-14-15-16-17-18-19(22-2)21(23-3,24-4)20(25)26/h19,22-24H,5-18H2,1-4H3,(H,25,26). The number of likely N-dealkylation sites (N-methyl/N-ethyl adjacent to an activating group) is 3. The molecular formula is C21H45N3O2. The lowest BCUT2D eigenvalue weighted by Crippen LogP contribution is -2.70. The summed E-state index contributed by atoms with van der Waals surface area (Å²) >= 11 is 0. The van der Waals surface area contributed by atoms with Crippen molar-refractivity contribution in [1.82, 2.24) is 16.0 Å². The molecule has 156 valence electrons. The normalized spacial score (nSPS) is 13.1. The fourth-order valence-electron chi connectivity index (χ4n) is 3.78. The topological polar surface area (TPSA) is 73.4 Å². The van der Waals surface area contributed by atoms with Gasteiger partial charge in [-0.25, -0.2) is 4.79 Å². The molecule has 0 bridgehead atoms. The summed E-state index contributed by atoms with van der Waals surface area (Å²) in [5.41, 5.74) is -1.11. The average molecular weight is 372 g/mol. The molecule has 0 aliphatic carbocycles. The second-order valence-electron chi connectivity index (χ2n) is 7.49. The minimum atomic E-state index is -1.11. The van der Waals surface area contributed by atoms with Crippen molar-refractivity contribution < 1.29 is 9.90 Å². The van der Waals surface area contributed by atoms with Crippen LogP contribution in [0.3, 0.4) is 0 Å². The van der Waals surface area contributed by atoms with Crippen molar-refractivity contribution >= 4 is 5.97 Å². The molecule has 26 heavy (non-hydrogen) atoms. The van der Waals surface area contributed by atoms with Crippen LogP contribution in [0.15, 0.2) is 0 Å². The Morgan fingerprint density at radius 2 is 1.15 bits per heavy atom. The Kier molecular flexibility index (Phi) is 16.1. The van der Waals surface area contributed by atoms with Gasteiger partial charge in [-0.3, -0.25) is 10.6 Å². The number of hydrogen-bond acceptors (Lipinski definition) is 4. The summed E-state index contributed by atoms with van der Waals surface area (Å²) in [5, 5.41) is 18.6. The Labute approximate surface area is 162 Å². The van der Waals surface area contributed by atoms with Crippen LogP contribution in [0.25, 0.3) is 0 Å². The SMILES string of the molecule is CCCCCCCCCCCCCCCC(NC)C(NC)(NC)C(=O)O. The van der Waals surface area contributed by atoms with Crippen molar-refractivity contribution in [3.8, 4) is 0 Å². The van der Waals surface area contributed by atoms with Crippen LogP contribution in [0.2, 0.25) is 0 Å². The monoisotopic (exact) mass is 371 g/mol. The first-order valence-electron chi connectivity index (χ1n) is 10.9. The predicted molar refractivity (Wildman–Crippen MR) is 112 cm³/mol. The van der Waals surface area contributed by atoms with Gasteiger partial charge < -0.3 is 10.4 Å². The number of nitrogens with one attached hydrogen (secondary N) is 3. The second kappa shape index (κ2) is 16.5. The van der Waals surface area contributed by atoms with Gasteiger partial charge in [0.2, 0.25) is 0 Å². The van der Waals surface area contributed by atoms with Gasteiger partial charge in [0.15, 0.2) is 5.66 Å². The van der Waals surface area contributed by atoms with Crippen molar-refractivity contribution in [3.05, 3.63) is 0 Å². The minimum Gasteiger partial charge on any atom is -0.479 e. The number of rotatable bonds is 19. The van der Waals surface area contributed by atoms with E-state index < -0.39 is 11.6 Å². The highest BCUT2D eigenvalue weighted by Crippen LogP contribution is 2.16. The van der Waals surface area contributed by atoms with Gasteiger partial charge in [-0.15, -0.1) is 0 Å². The zero-order chi connectivity index (χ0) is 19.7. The van der Waals surface area contributed by atoms with Crippen LogP contribution in [0.4, 0.5) is 0 Å². The minimum absolute atomic E-state index is 0.136. The van der Waals surface area contributed by atoms with Gasteiger partial charge in [0, 0.05) is 6.04 Å². The quantitative estimate of drug-likeness (QED) is 0.201. The van der Waals surface area contributed by atoms with Gasteiger partial charge >= 0.3 is 5.97 Å². The van der Waals surface area contributed by atoms with Crippen molar-refractivity contribution in [2.24, 2.45) is 0 Å². The van der Waals surface area contributed by atoms with E-state index in [0.717, 1.165) is 12.8 Å². The Hall–Kier alpha value is -0.650. The molecule has 0 aliphatic heterocycles. The summed E-state index contributed by atoms with van der Waals surface area (Å²) in [7, 11) is 5.22. The molecule has 5 nitrogen and oxygen atoms in total. The predicted octanol–water partition coefficient (Wildman–Crippen LogP) is 4.28. The highest BCUT2D eigenvalue weighted by molar-refractivity contribution is 5.79. The molecule has 1 unspecified atom stereocenters. The highest BCUT2D eigenvalue weighted by Gasteiger charge is 2.42. The molecule has 5 heteroatoms. The van der Waals surface area contributed by atoms with Crippen LogP contribution in [0.1, 0.15) is 96.8 Å². The van der Waals surface area contributed by atoms with Crippen LogP contribution in [-0.4, -0.2) is 43.9 Å². The Bertz CT molecular complexity index is 333. The molecule has 0 heterocycles. The zero-order valence-corrected chi connectivity index (χ0v) is 17.8. The van der Waals surface area contributed by atoms with E-state index >= 15 is 0 Å². The lowest BCUT2D eigenvalue weighted by molar-refractivity contribution is -0.147. The maximum Gasteiger partial charge on any atom is 0.340 e. The van der Waals surface area contributed by atoms with Crippen LogP contribution in [0.5, 0.6) is 0 Å². The average Bonchev–Trinajstić information content (AvgIpc) is 2.64. The Morgan fingerprint density at radius 3 is 1.46 bits per heavy atom. The van der Waals surface area contributed by atoms with Gasteiger partial charge in [0.05, 0.1) is 0 Å². The lowest BCUT2D eigenvalue weighted by atomic mass is 9.94. The molecule has 0 spiro atoms. The summed E-state index contributed by atoms with van der Waals surface area (Å²) in [4.78, 5) is 11.7. The van der Waals surface area contributed by atoms with Crippen molar-refractivity contribution in [1.29, 1.82) is 0 Å². The first-order chi connectivity index (χ1) is 12.6. The first kappa shape index (κ1) is 25.4. The third kappa shape index (κ3) is 9.89. The van der Waals surface area contributed by atoms with Gasteiger partial charge in [-0.1, -0.05) is 90.4 Å². The van der Waals surface area contributed by atoms with Crippen molar-refractivity contribution in [2.75, 3.05) is 21.1 Å². The van der Waals surface area contributed by atoms with E-state index in [1.807, 2.05) is 7.05 Å². The van der Waals surface area contributed by atoms with Crippen LogP contribution in [-0.2, 0) is 4.79 Å². The molecule has 0 aromatic heterocycles. The van der Waals surface area contributed by atoms with Gasteiger partial charge in [-0.2, -0.15) is 0 Å². The maximum absolute atomic E-state index is 11.7. The van der Waals surface area contributed by atoms with E-state index in [2.05, 4.69) is 22.9 Å². The summed E-state index contributed by atoms with van der Waals surface area (Å²) in [6.07, 6.45) is 18.1. The lowest BCUT2D eigenvalue weighted by Gasteiger charge is -2.36. The molecule has 1 atom stereocenters. The first-order valence-corrected chi connectivity index (χ1v) is 10.9. The van der Waals surface area contributed by atoms with Gasteiger partial charge in [0.1, 0.15) is 0 Å². The van der Waals surface area contributed by atoms with Gasteiger partial charge in [0.25, 0.3) is 0 Å². The Morgan fingerprint density at radius 1 is 0.769 bits per heavy atom. The highest BCUT2D eigenvalue weighted by atomic mass is 16.4. The molecule has 4 N–H and O–H groups in total. The molecule has 0 aromatic rings. The van der Waals surface area contributed by atoms with Crippen LogP contribution in [0, 0.1) is 0 Å². The fraction of sp³-hybridized carbons (Fsp3) is 0.952. The van der Waals surface area contributed by atoms with E-state index in [1.54, 1.807) is 14.1 Å². The molecule has 0 radical (unpaired) electrons. The van der Waals surface area contributed by atoms with E-state index in [0.29, 0.717) is 0 Å². The fourth-order valence-corrected chi connectivity index (χ4v) is 3.78. The maximum atomic E-state index is 11.7. The number of unbranched alkanes of at least 4 members (excludes halogenated alkanes) is 12. The molecular weight excluding hydrogens is 326 g/mol. The van der Waals surface area contributed by atoms with Crippen LogP contribution >= 0.6 is 0 Å². The molecule has 0 aliphatic rings. The third-order valence-electron chi connectivity index (χ3n) is 5.59. The molecule has 0 aromatic carbocycles. The van der Waals surface area contributed by atoms with Gasteiger partial charge in [-0.05, 0) is 27.6 Å². The summed E-state index contributed by atoms with van der Waals surface area (Å²) in [6.45, 7) is 2.27. The second-order valence-corrected chi connectivity index (χ2v) is 7.49. The van der Waals surface area contributed by atoms with E-state index in [-0.39, 0.29) is 6.04 Å². The summed E-state index contributed by atoms with van der Waals surface area (Å²) in [6, 6.07) is -0.136. The number of aliphatic carboxylic acids is 1. The van der Waals surface area contributed by atoms with Crippen molar-refractivity contribution in [2.45, 2.75) is 109 Å². The number of carboxylic acid groups (broad SMARTS) is 1. The molecule has 0 saturated heterocycles. The smallest absolute Gasteiger partial charge is 0.340 e.